The molecule has 4 heteroatoms. The van der Waals surface area contributed by atoms with E-state index in [0.717, 1.165) is 24.5 Å². The Bertz CT molecular complexity index is 577. The van der Waals surface area contributed by atoms with Gasteiger partial charge in [-0.15, -0.1) is 11.8 Å². The molecule has 0 saturated carbocycles. The van der Waals surface area contributed by atoms with Gasteiger partial charge in [-0.25, -0.2) is 9.67 Å². The van der Waals surface area contributed by atoms with Gasteiger partial charge in [0.2, 0.25) is 0 Å². The van der Waals surface area contributed by atoms with Crippen LogP contribution in [-0.4, -0.2) is 21.0 Å². The summed E-state index contributed by atoms with van der Waals surface area (Å²) in [6.07, 6.45) is 6.48. The summed E-state index contributed by atoms with van der Waals surface area (Å²) in [5.41, 5.74) is 1.32. The Morgan fingerprint density at radius 2 is 2.21 bits per heavy atom. The fourth-order valence-corrected chi connectivity index (χ4v) is 3.32. The topological polar surface area (TPSA) is 30.7 Å². The molecule has 3 rings (SSSR count). The molecule has 0 spiro atoms. The van der Waals surface area contributed by atoms with Crippen molar-refractivity contribution in [3.8, 4) is 0 Å². The molecule has 2 heterocycles. The number of benzene rings is 1. The zero-order valence-corrected chi connectivity index (χ0v) is 12.3. The van der Waals surface area contributed by atoms with Gasteiger partial charge in [-0.05, 0) is 37.7 Å². The van der Waals surface area contributed by atoms with Crippen molar-refractivity contribution in [2.75, 3.05) is 6.26 Å². The summed E-state index contributed by atoms with van der Waals surface area (Å²) in [7, 11) is 0. The molecule has 1 aliphatic heterocycles. The normalized spacial score (nSPS) is 18.3. The third-order valence-electron chi connectivity index (χ3n) is 3.73. The SMILES string of the molecule is CSc1ccccc1Cc1nc2n(n1)C(C)CCC2. The zero-order valence-electron chi connectivity index (χ0n) is 11.5. The second-order valence-electron chi connectivity index (χ2n) is 5.12. The quantitative estimate of drug-likeness (QED) is 0.802. The highest BCUT2D eigenvalue weighted by Crippen LogP contribution is 2.25. The summed E-state index contributed by atoms with van der Waals surface area (Å²) in [6.45, 7) is 2.23. The monoisotopic (exact) mass is 273 g/mol. The van der Waals surface area contributed by atoms with E-state index in [1.165, 1.54) is 23.3 Å². The number of rotatable bonds is 3. The maximum Gasteiger partial charge on any atom is 0.155 e. The first-order valence-corrected chi connectivity index (χ1v) is 8.06. The van der Waals surface area contributed by atoms with Crippen LogP contribution in [0, 0.1) is 0 Å². The number of aryl methyl sites for hydroxylation is 1. The number of nitrogens with zero attached hydrogens (tertiary/aromatic N) is 3. The van der Waals surface area contributed by atoms with Crippen molar-refractivity contribution in [1.82, 2.24) is 14.8 Å². The van der Waals surface area contributed by atoms with E-state index < -0.39 is 0 Å². The lowest BCUT2D eigenvalue weighted by Gasteiger charge is -2.18. The molecule has 1 unspecified atom stereocenters. The second-order valence-corrected chi connectivity index (χ2v) is 5.97. The molecule has 19 heavy (non-hydrogen) atoms. The van der Waals surface area contributed by atoms with Crippen LogP contribution < -0.4 is 0 Å². The molecule has 1 aliphatic rings. The first-order chi connectivity index (χ1) is 9.28. The zero-order chi connectivity index (χ0) is 13.2. The molecular weight excluding hydrogens is 254 g/mol. The third-order valence-corrected chi connectivity index (χ3v) is 4.56. The van der Waals surface area contributed by atoms with E-state index in [1.807, 2.05) is 0 Å². The molecule has 1 atom stereocenters. The predicted octanol–water partition coefficient (Wildman–Crippen LogP) is 3.49. The Hall–Kier alpha value is -1.29. The summed E-state index contributed by atoms with van der Waals surface area (Å²) < 4.78 is 2.13. The molecule has 0 N–H and O–H groups in total. The minimum atomic E-state index is 0.501. The number of fused-ring (bicyclic) bond motifs is 1. The Balaban J connectivity index is 1.88. The van der Waals surface area contributed by atoms with Gasteiger partial charge in [0.15, 0.2) is 5.82 Å². The van der Waals surface area contributed by atoms with Crippen LogP contribution in [-0.2, 0) is 12.8 Å². The summed E-state index contributed by atoms with van der Waals surface area (Å²) in [4.78, 5) is 6.04. The first-order valence-electron chi connectivity index (χ1n) is 6.84. The average molecular weight is 273 g/mol. The Morgan fingerprint density at radius 3 is 3.00 bits per heavy atom. The van der Waals surface area contributed by atoms with E-state index in [4.69, 9.17) is 10.1 Å². The minimum absolute atomic E-state index is 0.501. The molecule has 0 saturated heterocycles. The van der Waals surface area contributed by atoms with Crippen LogP contribution in [0.4, 0.5) is 0 Å². The lowest BCUT2D eigenvalue weighted by atomic mass is 10.1. The van der Waals surface area contributed by atoms with Gasteiger partial charge in [0.1, 0.15) is 5.82 Å². The molecule has 1 aromatic carbocycles. The van der Waals surface area contributed by atoms with Gasteiger partial charge in [-0.2, -0.15) is 5.10 Å². The van der Waals surface area contributed by atoms with E-state index in [9.17, 15) is 0 Å². The van der Waals surface area contributed by atoms with Gasteiger partial charge in [-0.3, -0.25) is 0 Å². The van der Waals surface area contributed by atoms with Crippen molar-refractivity contribution in [3.05, 3.63) is 41.5 Å². The largest absolute Gasteiger partial charge is 0.247 e. The van der Waals surface area contributed by atoms with Crippen LogP contribution in [0.3, 0.4) is 0 Å². The van der Waals surface area contributed by atoms with E-state index in [0.29, 0.717) is 6.04 Å². The van der Waals surface area contributed by atoms with Crippen LogP contribution in [0.15, 0.2) is 29.2 Å². The van der Waals surface area contributed by atoms with E-state index in [2.05, 4.69) is 42.1 Å². The number of hydrogen-bond donors (Lipinski definition) is 0. The molecule has 0 radical (unpaired) electrons. The minimum Gasteiger partial charge on any atom is -0.247 e. The highest BCUT2D eigenvalue weighted by atomic mass is 32.2. The summed E-state index contributed by atoms with van der Waals surface area (Å²) in [6, 6.07) is 9.02. The van der Waals surface area contributed by atoms with Crippen LogP contribution in [0.5, 0.6) is 0 Å². The van der Waals surface area contributed by atoms with E-state index >= 15 is 0 Å². The van der Waals surface area contributed by atoms with Gasteiger partial charge < -0.3 is 0 Å². The maximum atomic E-state index is 4.71. The first kappa shape index (κ1) is 12.7. The summed E-state index contributed by atoms with van der Waals surface area (Å²) in [5.74, 6) is 2.13. The fourth-order valence-electron chi connectivity index (χ4n) is 2.70. The van der Waals surface area contributed by atoms with Crippen molar-refractivity contribution in [2.24, 2.45) is 0 Å². The van der Waals surface area contributed by atoms with Gasteiger partial charge in [0.25, 0.3) is 0 Å². The average Bonchev–Trinajstić information content (AvgIpc) is 2.83. The summed E-state index contributed by atoms with van der Waals surface area (Å²) in [5, 5.41) is 4.70. The standard InChI is InChI=1S/C15H19N3S/c1-11-6-5-9-15-16-14(17-18(11)15)10-12-7-3-4-8-13(12)19-2/h3-4,7-8,11H,5-6,9-10H2,1-2H3. The fraction of sp³-hybridized carbons (Fsp3) is 0.467. The molecule has 0 bridgehead atoms. The van der Waals surface area contributed by atoms with Gasteiger partial charge >= 0.3 is 0 Å². The lowest BCUT2D eigenvalue weighted by Crippen LogP contribution is -2.16. The predicted molar refractivity (Wildman–Crippen MR) is 78.7 cm³/mol. The van der Waals surface area contributed by atoms with Crippen molar-refractivity contribution in [2.45, 2.75) is 43.5 Å². The molecule has 2 aromatic rings. The van der Waals surface area contributed by atoms with Gasteiger partial charge in [0.05, 0.1) is 6.04 Å². The third kappa shape index (κ3) is 2.54. The van der Waals surface area contributed by atoms with Crippen molar-refractivity contribution in [1.29, 1.82) is 0 Å². The lowest BCUT2D eigenvalue weighted by molar-refractivity contribution is 0.387. The molecule has 100 valence electrons. The van der Waals surface area contributed by atoms with Crippen molar-refractivity contribution in [3.63, 3.8) is 0 Å². The van der Waals surface area contributed by atoms with E-state index in [1.54, 1.807) is 11.8 Å². The highest BCUT2D eigenvalue weighted by molar-refractivity contribution is 7.98. The van der Waals surface area contributed by atoms with Crippen molar-refractivity contribution < 1.29 is 0 Å². The number of thioether (sulfide) groups is 1. The van der Waals surface area contributed by atoms with E-state index in [-0.39, 0.29) is 0 Å². The summed E-state index contributed by atoms with van der Waals surface area (Å²) >= 11 is 1.79. The molecule has 3 nitrogen and oxygen atoms in total. The van der Waals surface area contributed by atoms with Gasteiger partial charge in [0, 0.05) is 17.7 Å². The van der Waals surface area contributed by atoms with Crippen molar-refractivity contribution >= 4 is 11.8 Å². The highest BCUT2D eigenvalue weighted by Gasteiger charge is 2.19. The Labute approximate surface area is 118 Å². The number of aromatic nitrogens is 3. The molecule has 1 aromatic heterocycles. The molecule has 0 amide bonds. The smallest absolute Gasteiger partial charge is 0.155 e. The van der Waals surface area contributed by atoms with Crippen LogP contribution >= 0.6 is 11.8 Å². The maximum absolute atomic E-state index is 4.71. The molecular formula is C15H19N3S. The van der Waals surface area contributed by atoms with Crippen LogP contribution in [0.1, 0.15) is 43.0 Å². The van der Waals surface area contributed by atoms with Crippen LogP contribution in [0.25, 0.3) is 0 Å². The second kappa shape index (κ2) is 5.37. The van der Waals surface area contributed by atoms with Crippen LogP contribution in [0.2, 0.25) is 0 Å². The number of hydrogen-bond acceptors (Lipinski definition) is 3. The Morgan fingerprint density at radius 1 is 1.37 bits per heavy atom. The molecule has 0 fully saturated rings. The van der Waals surface area contributed by atoms with Gasteiger partial charge in [-0.1, -0.05) is 18.2 Å². The Kier molecular flexibility index (Phi) is 3.60. The molecule has 0 aliphatic carbocycles.